The molecule has 5 nitrogen and oxygen atoms in total. The summed E-state index contributed by atoms with van der Waals surface area (Å²) in [4.78, 5) is 16.2. The van der Waals surface area contributed by atoms with Crippen molar-refractivity contribution in [2.45, 2.75) is 19.8 Å². The van der Waals surface area contributed by atoms with Crippen LogP contribution in [0.25, 0.3) is 0 Å². The quantitative estimate of drug-likeness (QED) is 0.837. The summed E-state index contributed by atoms with van der Waals surface area (Å²) in [6.45, 7) is 10.4. The molecule has 0 spiro atoms. The molecule has 116 valence electrons. The maximum atomic E-state index is 4.54. The third-order valence-electron chi connectivity index (χ3n) is 4.81. The number of likely N-dealkylation sites (N-methyl/N-ethyl adjacent to an activating group) is 1. The van der Waals surface area contributed by atoms with Gasteiger partial charge in [-0.3, -0.25) is 0 Å². The predicted octanol–water partition coefficient (Wildman–Crippen LogP) is 1.25. The van der Waals surface area contributed by atoms with Crippen molar-refractivity contribution in [2.75, 3.05) is 57.8 Å². The Bertz CT molecular complexity index is 448. The number of aromatic nitrogens is 2. The largest absolute Gasteiger partial charge is 0.356 e. The van der Waals surface area contributed by atoms with E-state index in [0.29, 0.717) is 0 Å². The SMILES string of the molecule is Cc1nccc(N2CCC(CN3CCN(C)CC3)CC2)n1. The first-order valence-corrected chi connectivity index (χ1v) is 8.16. The predicted molar refractivity (Wildman–Crippen MR) is 85.6 cm³/mol. The fourth-order valence-electron chi connectivity index (χ4n) is 3.36. The zero-order valence-electron chi connectivity index (χ0n) is 13.3. The van der Waals surface area contributed by atoms with E-state index in [1.165, 1.54) is 45.6 Å². The second-order valence-corrected chi connectivity index (χ2v) is 6.50. The van der Waals surface area contributed by atoms with Gasteiger partial charge in [-0.2, -0.15) is 0 Å². The van der Waals surface area contributed by atoms with Crippen molar-refractivity contribution < 1.29 is 0 Å². The van der Waals surface area contributed by atoms with Crippen LogP contribution in [0.2, 0.25) is 0 Å². The Morgan fingerprint density at radius 2 is 1.81 bits per heavy atom. The molecule has 1 aromatic rings. The summed E-state index contributed by atoms with van der Waals surface area (Å²) in [5, 5.41) is 0. The summed E-state index contributed by atoms with van der Waals surface area (Å²) in [5.41, 5.74) is 0. The second kappa shape index (κ2) is 6.71. The first-order chi connectivity index (χ1) is 10.2. The first-order valence-electron chi connectivity index (χ1n) is 8.16. The van der Waals surface area contributed by atoms with Crippen LogP contribution in [0.3, 0.4) is 0 Å². The van der Waals surface area contributed by atoms with Crippen LogP contribution in [0.1, 0.15) is 18.7 Å². The lowest BCUT2D eigenvalue weighted by Crippen LogP contribution is -2.47. The minimum Gasteiger partial charge on any atom is -0.356 e. The maximum Gasteiger partial charge on any atom is 0.132 e. The van der Waals surface area contributed by atoms with Gasteiger partial charge in [0.15, 0.2) is 0 Å². The summed E-state index contributed by atoms with van der Waals surface area (Å²) in [7, 11) is 2.22. The smallest absolute Gasteiger partial charge is 0.132 e. The summed E-state index contributed by atoms with van der Waals surface area (Å²) in [6, 6.07) is 2.04. The van der Waals surface area contributed by atoms with Crippen LogP contribution in [0, 0.1) is 12.8 Å². The summed E-state index contributed by atoms with van der Waals surface area (Å²) in [5.74, 6) is 2.82. The Kier molecular flexibility index (Phi) is 4.70. The lowest BCUT2D eigenvalue weighted by Gasteiger charge is -2.38. The average Bonchev–Trinajstić information content (AvgIpc) is 2.50. The highest BCUT2D eigenvalue weighted by Crippen LogP contribution is 2.22. The summed E-state index contributed by atoms with van der Waals surface area (Å²) >= 11 is 0. The van der Waals surface area contributed by atoms with Crippen LogP contribution < -0.4 is 4.90 Å². The fraction of sp³-hybridized carbons (Fsp3) is 0.750. The minimum absolute atomic E-state index is 0.854. The molecule has 0 unspecified atom stereocenters. The van der Waals surface area contributed by atoms with Gasteiger partial charge in [0.1, 0.15) is 11.6 Å². The van der Waals surface area contributed by atoms with Gasteiger partial charge in [-0.25, -0.2) is 9.97 Å². The minimum atomic E-state index is 0.854. The van der Waals surface area contributed by atoms with Crippen molar-refractivity contribution in [3.8, 4) is 0 Å². The Labute approximate surface area is 128 Å². The fourth-order valence-corrected chi connectivity index (χ4v) is 3.36. The van der Waals surface area contributed by atoms with Gasteiger partial charge in [-0.1, -0.05) is 0 Å². The molecule has 0 aromatic carbocycles. The molecule has 3 heterocycles. The number of rotatable bonds is 3. The number of anilines is 1. The van der Waals surface area contributed by atoms with Crippen LogP contribution >= 0.6 is 0 Å². The Balaban J connectivity index is 1.47. The lowest BCUT2D eigenvalue weighted by molar-refractivity contribution is 0.129. The van der Waals surface area contributed by atoms with Gasteiger partial charge in [-0.05, 0) is 38.8 Å². The number of hydrogen-bond acceptors (Lipinski definition) is 5. The average molecular weight is 289 g/mol. The molecule has 0 saturated carbocycles. The van der Waals surface area contributed by atoms with Crippen molar-refractivity contribution in [2.24, 2.45) is 5.92 Å². The molecule has 0 N–H and O–H groups in total. The number of nitrogens with zero attached hydrogens (tertiary/aromatic N) is 5. The highest BCUT2D eigenvalue weighted by atomic mass is 15.2. The number of hydrogen-bond donors (Lipinski definition) is 0. The van der Waals surface area contributed by atoms with E-state index >= 15 is 0 Å². The number of piperidine rings is 1. The molecular weight excluding hydrogens is 262 g/mol. The molecule has 5 heteroatoms. The summed E-state index contributed by atoms with van der Waals surface area (Å²) in [6.07, 6.45) is 4.44. The molecule has 0 aliphatic carbocycles. The van der Waals surface area contributed by atoms with Gasteiger partial charge < -0.3 is 14.7 Å². The van der Waals surface area contributed by atoms with Gasteiger partial charge >= 0.3 is 0 Å². The molecule has 2 aliphatic heterocycles. The summed E-state index contributed by atoms with van der Waals surface area (Å²) < 4.78 is 0. The Morgan fingerprint density at radius 3 is 2.48 bits per heavy atom. The van der Waals surface area contributed by atoms with E-state index in [-0.39, 0.29) is 0 Å². The van der Waals surface area contributed by atoms with Gasteiger partial charge in [-0.15, -0.1) is 0 Å². The van der Waals surface area contributed by atoms with E-state index in [4.69, 9.17) is 0 Å². The van der Waals surface area contributed by atoms with Crippen molar-refractivity contribution >= 4 is 5.82 Å². The molecule has 2 fully saturated rings. The molecule has 0 amide bonds. The van der Waals surface area contributed by atoms with Crippen LogP contribution in [0.15, 0.2) is 12.3 Å². The molecule has 1 aromatic heterocycles. The molecule has 0 atom stereocenters. The molecular formula is C16H27N5. The number of aryl methyl sites for hydroxylation is 1. The van der Waals surface area contributed by atoms with Crippen LogP contribution in [-0.4, -0.2) is 72.6 Å². The van der Waals surface area contributed by atoms with Gasteiger partial charge in [0.05, 0.1) is 0 Å². The van der Waals surface area contributed by atoms with Crippen LogP contribution in [-0.2, 0) is 0 Å². The Morgan fingerprint density at radius 1 is 1.10 bits per heavy atom. The standard InChI is InChI=1S/C16H27N5/c1-14-17-6-3-16(18-14)21-7-4-15(5-8-21)13-20-11-9-19(2)10-12-20/h3,6,15H,4-5,7-13H2,1-2H3. The van der Waals surface area contributed by atoms with Crippen LogP contribution in [0.5, 0.6) is 0 Å². The van der Waals surface area contributed by atoms with Crippen LogP contribution in [0.4, 0.5) is 5.82 Å². The Hall–Kier alpha value is -1.20. The molecule has 0 radical (unpaired) electrons. The van der Waals surface area contributed by atoms with Crippen molar-refractivity contribution in [3.05, 3.63) is 18.1 Å². The molecule has 2 saturated heterocycles. The van der Waals surface area contributed by atoms with E-state index in [0.717, 1.165) is 30.6 Å². The van der Waals surface area contributed by atoms with Gasteiger partial charge in [0.25, 0.3) is 0 Å². The highest BCUT2D eigenvalue weighted by molar-refractivity contribution is 5.37. The highest BCUT2D eigenvalue weighted by Gasteiger charge is 2.23. The van der Waals surface area contributed by atoms with Crippen molar-refractivity contribution in [1.29, 1.82) is 0 Å². The number of piperazine rings is 1. The molecule has 21 heavy (non-hydrogen) atoms. The van der Waals surface area contributed by atoms with E-state index in [2.05, 4.69) is 31.7 Å². The normalized spacial score (nSPS) is 22.7. The second-order valence-electron chi connectivity index (χ2n) is 6.50. The zero-order valence-corrected chi connectivity index (χ0v) is 13.3. The van der Waals surface area contributed by atoms with E-state index in [1.54, 1.807) is 0 Å². The van der Waals surface area contributed by atoms with E-state index in [9.17, 15) is 0 Å². The molecule has 0 bridgehead atoms. The van der Waals surface area contributed by atoms with Crippen molar-refractivity contribution in [3.63, 3.8) is 0 Å². The van der Waals surface area contributed by atoms with E-state index < -0.39 is 0 Å². The molecule has 2 aliphatic rings. The monoisotopic (exact) mass is 289 g/mol. The van der Waals surface area contributed by atoms with Crippen molar-refractivity contribution in [1.82, 2.24) is 19.8 Å². The van der Waals surface area contributed by atoms with E-state index in [1.807, 2.05) is 19.2 Å². The first kappa shape index (κ1) is 14.7. The lowest BCUT2D eigenvalue weighted by atomic mass is 9.96. The zero-order chi connectivity index (χ0) is 14.7. The third-order valence-corrected chi connectivity index (χ3v) is 4.81. The molecule has 3 rings (SSSR count). The van der Waals surface area contributed by atoms with Gasteiger partial charge in [0.2, 0.25) is 0 Å². The maximum absolute atomic E-state index is 4.54. The van der Waals surface area contributed by atoms with Gasteiger partial charge in [0, 0.05) is 52.0 Å². The third kappa shape index (κ3) is 3.92. The topological polar surface area (TPSA) is 35.5 Å².